The molecule has 1 unspecified atom stereocenters. The van der Waals surface area contributed by atoms with Crippen molar-refractivity contribution < 1.29 is 40.7 Å². The molecule has 0 radical (unpaired) electrons. The number of amides is 1. The Labute approximate surface area is 316 Å². The smallest absolute Gasteiger partial charge is 0.433 e. The van der Waals surface area contributed by atoms with Crippen molar-refractivity contribution in [3.63, 3.8) is 0 Å². The quantitative estimate of drug-likeness (QED) is 0.0659. The van der Waals surface area contributed by atoms with E-state index < -0.39 is 67.9 Å². The summed E-state index contributed by atoms with van der Waals surface area (Å²) in [5, 5.41) is 4.58. The van der Waals surface area contributed by atoms with E-state index in [1.165, 1.54) is 11.8 Å². The van der Waals surface area contributed by atoms with Crippen LogP contribution in [0.25, 0.3) is 0 Å². The molecule has 1 amide bonds. The van der Waals surface area contributed by atoms with Crippen molar-refractivity contribution in [2.75, 3.05) is 19.4 Å². The number of ether oxygens (including phenoxy) is 1. The number of hydrogen-bond donors (Lipinski definition) is 0. The van der Waals surface area contributed by atoms with Crippen LogP contribution in [-0.4, -0.2) is 54.3 Å². The summed E-state index contributed by atoms with van der Waals surface area (Å²) in [6.07, 6.45) is -2.23. The van der Waals surface area contributed by atoms with Crippen LogP contribution in [0.2, 0.25) is 28.2 Å². The molecule has 0 saturated heterocycles. The number of rotatable bonds is 15. The molecule has 0 spiro atoms. The fourth-order valence-corrected chi connectivity index (χ4v) is 11.0. The van der Waals surface area contributed by atoms with Crippen LogP contribution in [0, 0.1) is 17.6 Å². The Bertz CT molecular complexity index is 1670. The number of halogens is 7. The van der Waals surface area contributed by atoms with Crippen LogP contribution in [0.3, 0.4) is 0 Å². The number of nitrogens with zero attached hydrogens (tertiary/aromatic N) is 3. The average Bonchev–Trinajstić information content (AvgIpc) is 3.56. The molecule has 1 atom stereocenters. The van der Waals surface area contributed by atoms with E-state index >= 15 is 0 Å². The molecule has 52 heavy (non-hydrogen) atoms. The lowest BCUT2D eigenvalue weighted by Crippen LogP contribution is -2.42. The minimum Gasteiger partial charge on any atom is -0.466 e. The van der Waals surface area contributed by atoms with Crippen LogP contribution in [-0.2, 0) is 26.7 Å². The maximum absolute atomic E-state index is 15.0. The first-order valence-corrected chi connectivity index (χ1v) is 21.9. The number of carbonyl (C=O) groups excluding carboxylic acids is 2. The van der Waals surface area contributed by atoms with Gasteiger partial charge in [-0.25, -0.2) is 8.78 Å². The highest BCUT2D eigenvalue weighted by Gasteiger charge is 2.44. The van der Waals surface area contributed by atoms with E-state index in [2.05, 4.69) is 5.10 Å². The van der Waals surface area contributed by atoms with E-state index in [1.807, 2.05) is 27.0 Å². The molecule has 4 rings (SSSR count). The molecule has 1 fully saturated rings. The third-order valence-electron chi connectivity index (χ3n) is 9.86. The van der Waals surface area contributed by atoms with Gasteiger partial charge < -0.3 is 14.1 Å². The summed E-state index contributed by atoms with van der Waals surface area (Å²) in [5.41, 5.74) is -1.59. The summed E-state index contributed by atoms with van der Waals surface area (Å²) in [7, 11) is -2.51. The molecule has 0 bridgehead atoms. The lowest BCUT2D eigenvalue weighted by molar-refractivity contribution is -0.151. The molecule has 2 aromatic carbocycles. The molecule has 16 heteroatoms. The molecule has 1 saturated carbocycles. The van der Waals surface area contributed by atoms with Gasteiger partial charge in [-0.1, -0.05) is 44.0 Å². The lowest BCUT2D eigenvalue weighted by atomic mass is 9.86. The number of hydrogen-bond acceptors (Lipinski definition) is 6. The number of esters is 1. The van der Waals surface area contributed by atoms with Crippen LogP contribution in [0.15, 0.2) is 41.4 Å². The maximum atomic E-state index is 15.0. The zero-order chi connectivity index (χ0) is 38.4. The molecule has 1 aliphatic rings. The first-order valence-electron chi connectivity index (χ1n) is 17.4. The minimum absolute atomic E-state index is 0.0164. The predicted octanol–water partition coefficient (Wildman–Crippen LogP) is 10.9. The molecule has 7 nitrogen and oxygen atoms in total. The topological polar surface area (TPSA) is 73.7 Å². The van der Waals surface area contributed by atoms with Gasteiger partial charge in [0, 0.05) is 33.1 Å². The predicted molar refractivity (Wildman–Crippen MR) is 195 cm³/mol. The Morgan fingerprint density at radius 1 is 0.981 bits per heavy atom. The number of thioether (sulfide) groups is 1. The first kappa shape index (κ1) is 42.1. The van der Waals surface area contributed by atoms with Gasteiger partial charge in [0.05, 0.1) is 43.0 Å². The number of aromatic nitrogens is 2. The van der Waals surface area contributed by atoms with Gasteiger partial charge in [-0.3, -0.25) is 14.3 Å². The van der Waals surface area contributed by atoms with Crippen molar-refractivity contribution in [3.05, 3.63) is 80.6 Å². The van der Waals surface area contributed by atoms with Crippen molar-refractivity contribution in [2.24, 2.45) is 5.92 Å². The van der Waals surface area contributed by atoms with Crippen molar-refractivity contribution in [1.82, 2.24) is 14.7 Å². The number of carbonyl (C=O) groups is 2. The molecular formula is C36H44Cl2F5N3O4SSi. The molecule has 3 aromatic rings. The Balaban J connectivity index is 1.82. The van der Waals surface area contributed by atoms with Gasteiger partial charge in [0.2, 0.25) is 0 Å². The fraction of sp³-hybridized carbons (Fsp3) is 0.528. The number of benzene rings is 2. The summed E-state index contributed by atoms with van der Waals surface area (Å²) >= 11 is 15.0. The van der Waals surface area contributed by atoms with E-state index in [-0.39, 0.29) is 47.6 Å². The zero-order valence-corrected chi connectivity index (χ0v) is 33.1. The maximum Gasteiger partial charge on any atom is 0.433 e. The van der Waals surface area contributed by atoms with Crippen molar-refractivity contribution in [1.29, 1.82) is 0 Å². The molecule has 0 aliphatic heterocycles. The van der Waals surface area contributed by atoms with Gasteiger partial charge in [-0.2, -0.15) is 18.3 Å². The Hall–Kier alpha value is -2.65. The van der Waals surface area contributed by atoms with E-state index in [0.29, 0.717) is 42.6 Å². The summed E-state index contributed by atoms with van der Waals surface area (Å²) in [6.45, 7) is 7.08. The monoisotopic (exact) mass is 807 g/mol. The number of alkyl halides is 3. The Kier molecular flexibility index (Phi) is 14.7. The fourth-order valence-electron chi connectivity index (χ4n) is 6.88. The molecule has 1 heterocycles. The van der Waals surface area contributed by atoms with E-state index in [0.717, 1.165) is 32.8 Å². The van der Waals surface area contributed by atoms with E-state index in [4.69, 9.17) is 32.4 Å². The van der Waals surface area contributed by atoms with Gasteiger partial charge in [-0.05, 0) is 86.8 Å². The zero-order valence-electron chi connectivity index (χ0n) is 29.8. The standard InChI is InChI=1S/C36H44Cl2F5N3O4SSi/c1-6-49-35(48)23-10-12-26(13-11-23)46-33(36(41,42)43)28(19-44-46)34(47)45(20-22-14-24(39)16-25(40)15-22)21-31(50-52(7-2,8-3)9-4)32-29(37)17-27(51-5)18-30(32)38/h14-19,23,26,31H,6-13,20-21H2,1-5H3. The SMILES string of the molecule is CCOC(=O)C1CCC(n2ncc(C(=O)N(Cc3cc(F)cc(F)c3)CC(O[Si](CC)(CC)CC)c3c(Cl)cc(SC)cc3Cl)c2C(F)(F)F)CC1. The van der Waals surface area contributed by atoms with Gasteiger partial charge in [0.1, 0.15) is 11.6 Å². The summed E-state index contributed by atoms with van der Waals surface area (Å²) < 4.78 is 86.6. The Morgan fingerprint density at radius 3 is 2.06 bits per heavy atom. The third-order valence-corrected chi connectivity index (χ3v) is 15.8. The van der Waals surface area contributed by atoms with Crippen LogP contribution in [0.4, 0.5) is 22.0 Å². The summed E-state index contributed by atoms with van der Waals surface area (Å²) in [5.74, 6) is -3.72. The Morgan fingerprint density at radius 2 is 1.56 bits per heavy atom. The van der Waals surface area contributed by atoms with Crippen LogP contribution < -0.4 is 0 Å². The van der Waals surface area contributed by atoms with E-state index in [9.17, 15) is 31.5 Å². The largest absolute Gasteiger partial charge is 0.466 e. The lowest BCUT2D eigenvalue weighted by Gasteiger charge is -2.37. The van der Waals surface area contributed by atoms with E-state index in [1.54, 1.807) is 19.1 Å². The van der Waals surface area contributed by atoms with Crippen LogP contribution in [0.1, 0.15) is 92.7 Å². The van der Waals surface area contributed by atoms with Gasteiger partial charge in [0.15, 0.2) is 14.0 Å². The highest BCUT2D eigenvalue weighted by atomic mass is 35.5. The second-order valence-electron chi connectivity index (χ2n) is 12.9. The summed E-state index contributed by atoms with van der Waals surface area (Å²) in [4.78, 5) is 28.7. The molecule has 1 aromatic heterocycles. The molecule has 0 N–H and O–H groups in total. The highest BCUT2D eigenvalue weighted by Crippen LogP contribution is 2.42. The molecule has 286 valence electrons. The van der Waals surface area contributed by atoms with Crippen LogP contribution >= 0.6 is 35.0 Å². The molecule has 1 aliphatic carbocycles. The second-order valence-corrected chi connectivity index (χ2v) is 19.3. The highest BCUT2D eigenvalue weighted by molar-refractivity contribution is 7.98. The minimum atomic E-state index is -5.00. The summed E-state index contributed by atoms with van der Waals surface area (Å²) in [6, 6.07) is 7.46. The van der Waals surface area contributed by atoms with Crippen LogP contribution in [0.5, 0.6) is 0 Å². The molecular weight excluding hydrogens is 764 g/mol. The average molecular weight is 809 g/mol. The third kappa shape index (κ3) is 9.90. The van der Waals surface area contributed by atoms with Crippen molar-refractivity contribution in [2.45, 2.75) is 101 Å². The van der Waals surface area contributed by atoms with Gasteiger partial charge in [0.25, 0.3) is 5.91 Å². The normalized spacial score (nSPS) is 17.2. The van der Waals surface area contributed by atoms with Gasteiger partial charge >= 0.3 is 12.1 Å². The van der Waals surface area contributed by atoms with Crippen molar-refractivity contribution in [3.8, 4) is 0 Å². The van der Waals surface area contributed by atoms with Crippen molar-refractivity contribution >= 4 is 55.2 Å². The first-order chi connectivity index (χ1) is 24.6. The van der Waals surface area contributed by atoms with Gasteiger partial charge in [-0.15, -0.1) is 11.8 Å². The second kappa shape index (κ2) is 18.1.